The molecule has 3 rings (SSSR count). The van der Waals surface area contributed by atoms with Gasteiger partial charge in [-0.2, -0.15) is 0 Å². The van der Waals surface area contributed by atoms with Gasteiger partial charge in [0.25, 0.3) is 0 Å². The van der Waals surface area contributed by atoms with E-state index >= 15 is 0 Å². The van der Waals surface area contributed by atoms with Gasteiger partial charge in [-0.05, 0) is 36.1 Å². The van der Waals surface area contributed by atoms with Gasteiger partial charge in [0.1, 0.15) is 5.30 Å². The van der Waals surface area contributed by atoms with Gasteiger partial charge in [0.05, 0.1) is 25.4 Å². The smallest absolute Gasteiger partial charge is 0.0620 e. The van der Waals surface area contributed by atoms with Crippen LogP contribution >= 0.6 is 7.26 Å². The van der Waals surface area contributed by atoms with Crippen molar-refractivity contribution in [2.24, 2.45) is 0 Å². The van der Waals surface area contributed by atoms with Crippen molar-refractivity contribution in [1.29, 1.82) is 0 Å². The molecule has 0 spiro atoms. The Morgan fingerprint density at radius 1 is 0.944 bits per heavy atom. The summed E-state index contributed by atoms with van der Waals surface area (Å²) in [4.78, 5) is 0. The zero-order valence-corrected chi connectivity index (χ0v) is 12.0. The Morgan fingerprint density at radius 3 is 2.39 bits per heavy atom. The van der Waals surface area contributed by atoms with E-state index in [1.807, 2.05) is 0 Å². The molecule has 0 fully saturated rings. The summed E-state index contributed by atoms with van der Waals surface area (Å²) in [5, 5.41) is 3.19. The average molecular weight is 255 g/mol. The monoisotopic (exact) mass is 255 g/mol. The van der Waals surface area contributed by atoms with Crippen molar-refractivity contribution in [2.45, 2.75) is 19.3 Å². The van der Waals surface area contributed by atoms with Crippen molar-refractivity contribution in [3.8, 4) is 0 Å². The molecule has 1 aliphatic heterocycles. The summed E-state index contributed by atoms with van der Waals surface area (Å²) >= 11 is 0. The lowest BCUT2D eigenvalue weighted by atomic mass is 9.98. The highest BCUT2D eigenvalue weighted by Gasteiger charge is 2.43. The molecular weight excluding hydrogens is 235 g/mol. The molecule has 0 aromatic heterocycles. The van der Waals surface area contributed by atoms with E-state index < -0.39 is 7.26 Å². The van der Waals surface area contributed by atoms with Crippen molar-refractivity contribution in [3.05, 3.63) is 60.2 Å². The molecule has 2 unspecified atom stereocenters. The van der Waals surface area contributed by atoms with Gasteiger partial charge in [-0.25, -0.2) is 0 Å². The van der Waals surface area contributed by atoms with Crippen LogP contribution in [0.25, 0.3) is 0 Å². The quantitative estimate of drug-likeness (QED) is 0.680. The van der Waals surface area contributed by atoms with Crippen molar-refractivity contribution in [1.82, 2.24) is 0 Å². The third-order valence-corrected chi connectivity index (χ3v) is 8.40. The standard InChI is InChI=1S/C17H20P/c1-14-12-13-18(2,15-8-4-3-5-9-15)17-11-7-6-10-16(14)17/h3-11,14H,12-13H2,1-2H3/q+1. The van der Waals surface area contributed by atoms with E-state index in [-0.39, 0.29) is 0 Å². The third-order valence-electron chi connectivity index (χ3n) is 4.33. The summed E-state index contributed by atoms with van der Waals surface area (Å²) in [5.74, 6) is 0.720. The Balaban J connectivity index is 2.17. The molecule has 0 saturated carbocycles. The van der Waals surface area contributed by atoms with Gasteiger partial charge in [0.2, 0.25) is 0 Å². The van der Waals surface area contributed by atoms with E-state index in [9.17, 15) is 0 Å². The maximum Gasteiger partial charge on any atom is 0.102 e. The minimum absolute atomic E-state index is 0.720. The molecule has 1 heterocycles. The SMILES string of the molecule is CC1CC[P+](C)(c2ccccc2)c2ccccc21. The summed E-state index contributed by atoms with van der Waals surface area (Å²) in [6, 6.07) is 20.2. The van der Waals surface area contributed by atoms with Crippen molar-refractivity contribution in [2.75, 3.05) is 12.8 Å². The topological polar surface area (TPSA) is 0 Å². The first-order valence-electron chi connectivity index (χ1n) is 6.72. The van der Waals surface area contributed by atoms with Crippen molar-refractivity contribution >= 4 is 17.9 Å². The lowest BCUT2D eigenvalue weighted by molar-refractivity contribution is 0.733. The highest BCUT2D eigenvalue weighted by molar-refractivity contribution is 7.89. The van der Waals surface area contributed by atoms with Crippen LogP contribution in [0.4, 0.5) is 0 Å². The molecule has 0 nitrogen and oxygen atoms in total. The predicted octanol–water partition coefficient (Wildman–Crippen LogP) is 3.79. The fraction of sp³-hybridized carbons (Fsp3) is 0.294. The number of rotatable bonds is 1. The maximum atomic E-state index is 2.51. The molecule has 2 atom stereocenters. The number of fused-ring (bicyclic) bond motifs is 1. The molecule has 0 N–H and O–H groups in total. The molecule has 2 aromatic carbocycles. The van der Waals surface area contributed by atoms with Crippen LogP contribution in [0.15, 0.2) is 54.6 Å². The summed E-state index contributed by atoms with van der Waals surface area (Å²) in [6.07, 6.45) is 2.69. The van der Waals surface area contributed by atoms with Crippen LogP contribution in [0.2, 0.25) is 0 Å². The number of benzene rings is 2. The van der Waals surface area contributed by atoms with E-state index in [1.54, 1.807) is 16.2 Å². The molecular formula is C17H20P+. The zero-order valence-electron chi connectivity index (χ0n) is 11.1. The van der Waals surface area contributed by atoms with E-state index in [4.69, 9.17) is 0 Å². The van der Waals surface area contributed by atoms with Gasteiger partial charge in [0.15, 0.2) is 0 Å². The van der Waals surface area contributed by atoms with Crippen molar-refractivity contribution < 1.29 is 0 Å². The molecule has 0 aliphatic carbocycles. The fourth-order valence-electron chi connectivity index (χ4n) is 3.11. The fourth-order valence-corrected chi connectivity index (χ4v) is 6.90. The first-order chi connectivity index (χ1) is 8.72. The van der Waals surface area contributed by atoms with Gasteiger partial charge in [0, 0.05) is 0 Å². The van der Waals surface area contributed by atoms with Gasteiger partial charge in [-0.1, -0.05) is 43.3 Å². The van der Waals surface area contributed by atoms with Crippen LogP contribution in [-0.4, -0.2) is 12.8 Å². The van der Waals surface area contributed by atoms with Crippen LogP contribution in [0.1, 0.15) is 24.8 Å². The normalized spacial score (nSPS) is 26.7. The van der Waals surface area contributed by atoms with Crippen LogP contribution in [0.3, 0.4) is 0 Å². The minimum atomic E-state index is -1.14. The number of hydrogen-bond donors (Lipinski definition) is 0. The van der Waals surface area contributed by atoms with Crippen LogP contribution in [-0.2, 0) is 0 Å². The molecule has 1 aliphatic rings. The van der Waals surface area contributed by atoms with Gasteiger partial charge in [-0.3, -0.25) is 0 Å². The predicted molar refractivity (Wildman–Crippen MR) is 82.9 cm³/mol. The maximum absolute atomic E-state index is 2.51. The Labute approximate surface area is 110 Å². The van der Waals surface area contributed by atoms with E-state index in [1.165, 1.54) is 12.6 Å². The van der Waals surface area contributed by atoms with E-state index in [0.29, 0.717) is 0 Å². The first kappa shape index (κ1) is 11.9. The lowest BCUT2D eigenvalue weighted by Crippen LogP contribution is -2.31. The molecule has 2 aromatic rings. The number of hydrogen-bond acceptors (Lipinski definition) is 0. The Hall–Kier alpha value is -1.13. The van der Waals surface area contributed by atoms with Gasteiger partial charge < -0.3 is 0 Å². The van der Waals surface area contributed by atoms with Gasteiger partial charge >= 0.3 is 0 Å². The third kappa shape index (κ3) is 1.80. The Morgan fingerprint density at radius 2 is 1.61 bits per heavy atom. The average Bonchev–Trinajstić information content (AvgIpc) is 2.44. The molecule has 0 amide bonds. The Bertz CT molecular complexity index is 547. The van der Waals surface area contributed by atoms with E-state index in [2.05, 4.69) is 68.2 Å². The summed E-state index contributed by atoms with van der Waals surface area (Å²) in [5.41, 5.74) is 1.59. The molecule has 1 heteroatoms. The molecule has 0 radical (unpaired) electrons. The zero-order chi connectivity index (χ0) is 12.6. The highest BCUT2D eigenvalue weighted by atomic mass is 31.2. The van der Waals surface area contributed by atoms with Crippen molar-refractivity contribution in [3.63, 3.8) is 0 Å². The summed E-state index contributed by atoms with van der Waals surface area (Å²) in [7, 11) is -1.14. The molecule has 92 valence electrons. The largest absolute Gasteiger partial charge is 0.102 e. The van der Waals surface area contributed by atoms with Crippen LogP contribution < -0.4 is 10.6 Å². The van der Waals surface area contributed by atoms with Gasteiger partial charge in [-0.15, -0.1) is 0 Å². The van der Waals surface area contributed by atoms with Crippen LogP contribution in [0, 0.1) is 0 Å². The molecule has 0 saturated heterocycles. The summed E-state index contributed by atoms with van der Waals surface area (Å²) < 4.78 is 0. The molecule has 0 bridgehead atoms. The molecule has 18 heavy (non-hydrogen) atoms. The van der Waals surface area contributed by atoms with E-state index in [0.717, 1.165) is 5.92 Å². The Kier molecular flexibility index (Phi) is 2.99. The second kappa shape index (κ2) is 4.52. The second-order valence-electron chi connectivity index (χ2n) is 5.50. The minimum Gasteiger partial charge on any atom is -0.0620 e. The summed E-state index contributed by atoms with van der Waals surface area (Å²) in [6.45, 7) is 4.88. The van der Waals surface area contributed by atoms with Crippen LogP contribution in [0.5, 0.6) is 0 Å². The highest BCUT2D eigenvalue weighted by Crippen LogP contribution is 2.58. The second-order valence-corrected chi connectivity index (χ2v) is 9.33. The first-order valence-corrected chi connectivity index (χ1v) is 9.14. The lowest BCUT2D eigenvalue weighted by Gasteiger charge is -2.32.